The van der Waals surface area contributed by atoms with Gasteiger partial charge in [-0.3, -0.25) is 4.99 Å². The van der Waals surface area contributed by atoms with Crippen LogP contribution in [0.2, 0.25) is 5.02 Å². The van der Waals surface area contributed by atoms with E-state index in [9.17, 15) is 0 Å². The Morgan fingerprint density at radius 3 is 2.84 bits per heavy atom. The number of nitrogens with zero attached hydrogens (tertiary/aromatic N) is 1. The van der Waals surface area contributed by atoms with Gasteiger partial charge in [-0.15, -0.1) is 0 Å². The van der Waals surface area contributed by atoms with Crippen LogP contribution in [0.25, 0.3) is 0 Å². The molecule has 3 rings (SSSR count). The SMILES string of the molecule is Clc1ccccc1CC1CN=C(C2CCNCC2)O1. The highest BCUT2D eigenvalue weighted by Crippen LogP contribution is 2.23. The van der Waals surface area contributed by atoms with Crippen molar-refractivity contribution in [3.63, 3.8) is 0 Å². The predicted octanol–water partition coefficient (Wildman–Crippen LogP) is 2.68. The Bertz CT molecular complexity index is 469. The molecular formula is C15H19ClN2O. The lowest BCUT2D eigenvalue weighted by atomic mass is 9.98. The second-order valence-corrected chi connectivity index (χ2v) is 5.65. The van der Waals surface area contributed by atoms with E-state index < -0.39 is 0 Å². The van der Waals surface area contributed by atoms with E-state index in [0.717, 1.165) is 55.4 Å². The van der Waals surface area contributed by atoms with Crippen LogP contribution in [-0.2, 0) is 11.2 Å². The van der Waals surface area contributed by atoms with Gasteiger partial charge in [-0.05, 0) is 37.6 Å². The molecule has 1 saturated heterocycles. The van der Waals surface area contributed by atoms with Crippen LogP contribution in [0.15, 0.2) is 29.3 Å². The van der Waals surface area contributed by atoms with E-state index >= 15 is 0 Å². The van der Waals surface area contributed by atoms with Crippen LogP contribution < -0.4 is 5.32 Å². The van der Waals surface area contributed by atoms with Crippen LogP contribution in [-0.4, -0.2) is 31.6 Å². The molecular weight excluding hydrogens is 260 g/mol. The largest absolute Gasteiger partial charge is 0.475 e. The fraction of sp³-hybridized carbons (Fsp3) is 0.533. The highest BCUT2D eigenvalue weighted by atomic mass is 35.5. The van der Waals surface area contributed by atoms with Crippen LogP contribution in [0.1, 0.15) is 18.4 Å². The molecule has 0 aliphatic carbocycles. The molecule has 1 aromatic rings. The van der Waals surface area contributed by atoms with E-state index in [0.29, 0.717) is 5.92 Å². The maximum atomic E-state index is 6.19. The van der Waals surface area contributed by atoms with E-state index in [4.69, 9.17) is 16.3 Å². The molecule has 1 fully saturated rings. The van der Waals surface area contributed by atoms with E-state index in [1.54, 1.807) is 0 Å². The van der Waals surface area contributed by atoms with Gasteiger partial charge >= 0.3 is 0 Å². The fourth-order valence-electron chi connectivity index (χ4n) is 2.75. The Hall–Kier alpha value is -1.06. The molecule has 1 unspecified atom stereocenters. The highest BCUT2D eigenvalue weighted by Gasteiger charge is 2.28. The molecule has 2 aliphatic rings. The van der Waals surface area contributed by atoms with Gasteiger partial charge in [0, 0.05) is 17.4 Å². The average molecular weight is 279 g/mol. The molecule has 1 aromatic carbocycles. The smallest absolute Gasteiger partial charge is 0.187 e. The first-order valence-electron chi connectivity index (χ1n) is 6.98. The van der Waals surface area contributed by atoms with Crippen molar-refractivity contribution in [2.24, 2.45) is 10.9 Å². The number of halogens is 1. The van der Waals surface area contributed by atoms with Crippen LogP contribution in [0.3, 0.4) is 0 Å². The van der Waals surface area contributed by atoms with Gasteiger partial charge < -0.3 is 10.1 Å². The Balaban J connectivity index is 1.57. The summed E-state index contributed by atoms with van der Waals surface area (Å²) in [4.78, 5) is 4.59. The number of hydrogen-bond donors (Lipinski definition) is 1. The third kappa shape index (κ3) is 3.10. The number of nitrogens with one attached hydrogen (secondary N) is 1. The molecule has 0 radical (unpaired) electrons. The second kappa shape index (κ2) is 5.93. The van der Waals surface area contributed by atoms with Crippen LogP contribution in [0.4, 0.5) is 0 Å². The van der Waals surface area contributed by atoms with Crippen molar-refractivity contribution in [3.8, 4) is 0 Å². The number of ether oxygens (including phenoxy) is 1. The van der Waals surface area contributed by atoms with E-state index in [1.807, 2.05) is 18.2 Å². The summed E-state index contributed by atoms with van der Waals surface area (Å²) >= 11 is 6.19. The number of hydrogen-bond acceptors (Lipinski definition) is 3. The molecule has 1 N–H and O–H groups in total. The lowest BCUT2D eigenvalue weighted by Gasteiger charge is -2.23. The average Bonchev–Trinajstić information content (AvgIpc) is 2.91. The second-order valence-electron chi connectivity index (χ2n) is 5.24. The van der Waals surface area contributed by atoms with Gasteiger partial charge in [-0.1, -0.05) is 29.8 Å². The van der Waals surface area contributed by atoms with Crippen molar-refractivity contribution in [2.45, 2.75) is 25.4 Å². The summed E-state index contributed by atoms with van der Waals surface area (Å²) < 4.78 is 6.02. The lowest BCUT2D eigenvalue weighted by Crippen LogP contribution is -2.32. The number of piperidine rings is 1. The summed E-state index contributed by atoms with van der Waals surface area (Å²) in [7, 11) is 0. The van der Waals surface area contributed by atoms with Gasteiger partial charge in [0.1, 0.15) is 6.10 Å². The number of aliphatic imine (C=N–C) groups is 1. The van der Waals surface area contributed by atoms with E-state index in [1.165, 1.54) is 0 Å². The molecule has 0 aromatic heterocycles. The summed E-state index contributed by atoms with van der Waals surface area (Å²) in [5.74, 6) is 1.48. The quantitative estimate of drug-likeness (QED) is 0.922. The zero-order valence-electron chi connectivity index (χ0n) is 10.9. The van der Waals surface area contributed by atoms with Crippen molar-refractivity contribution in [1.82, 2.24) is 5.32 Å². The van der Waals surface area contributed by atoms with Gasteiger partial charge in [-0.25, -0.2) is 0 Å². The van der Waals surface area contributed by atoms with Gasteiger partial charge in [0.15, 0.2) is 5.90 Å². The maximum Gasteiger partial charge on any atom is 0.187 e. The zero-order valence-corrected chi connectivity index (χ0v) is 11.7. The third-order valence-corrected chi connectivity index (χ3v) is 4.20. The van der Waals surface area contributed by atoms with Gasteiger partial charge in [0.05, 0.1) is 6.54 Å². The minimum Gasteiger partial charge on any atom is -0.475 e. The summed E-state index contributed by atoms with van der Waals surface area (Å²) in [5.41, 5.74) is 1.15. The van der Waals surface area contributed by atoms with Crippen LogP contribution in [0, 0.1) is 5.92 Å². The molecule has 1 atom stereocenters. The molecule has 3 nitrogen and oxygen atoms in total. The minimum absolute atomic E-state index is 0.157. The monoisotopic (exact) mass is 278 g/mol. The predicted molar refractivity (Wildman–Crippen MR) is 77.9 cm³/mol. The van der Waals surface area contributed by atoms with Crippen LogP contribution in [0.5, 0.6) is 0 Å². The molecule has 4 heteroatoms. The first kappa shape index (κ1) is 12.9. The lowest BCUT2D eigenvalue weighted by molar-refractivity contribution is 0.204. The number of benzene rings is 1. The Morgan fingerprint density at radius 1 is 1.26 bits per heavy atom. The first-order chi connectivity index (χ1) is 9.33. The molecule has 0 amide bonds. The molecule has 0 saturated carbocycles. The van der Waals surface area contributed by atoms with Crippen molar-refractivity contribution < 1.29 is 4.74 Å². The third-order valence-electron chi connectivity index (χ3n) is 3.83. The van der Waals surface area contributed by atoms with Crippen molar-refractivity contribution in [3.05, 3.63) is 34.9 Å². The maximum absolute atomic E-state index is 6.19. The number of rotatable bonds is 3. The van der Waals surface area contributed by atoms with Crippen molar-refractivity contribution >= 4 is 17.5 Å². The Labute approximate surface area is 119 Å². The zero-order chi connectivity index (χ0) is 13.1. The molecule has 19 heavy (non-hydrogen) atoms. The Morgan fingerprint density at radius 2 is 2.05 bits per heavy atom. The van der Waals surface area contributed by atoms with Gasteiger partial charge in [0.2, 0.25) is 0 Å². The van der Waals surface area contributed by atoms with Gasteiger partial charge in [0.25, 0.3) is 0 Å². The summed E-state index contributed by atoms with van der Waals surface area (Å²) in [6, 6.07) is 7.97. The molecule has 0 bridgehead atoms. The van der Waals surface area contributed by atoms with Crippen molar-refractivity contribution in [2.75, 3.05) is 19.6 Å². The van der Waals surface area contributed by atoms with Crippen molar-refractivity contribution in [1.29, 1.82) is 0 Å². The molecule has 102 valence electrons. The summed E-state index contributed by atoms with van der Waals surface area (Å²) in [6.07, 6.45) is 3.28. The highest BCUT2D eigenvalue weighted by molar-refractivity contribution is 6.31. The topological polar surface area (TPSA) is 33.6 Å². The first-order valence-corrected chi connectivity index (χ1v) is 7.36. The Kier molecular flexibility index (Phi) is 4.04. The minimum atomic E-state index is 0.157. The summed E-state index contributed by atoms with van der Waals surface area (Å²) in [6.45, 7) is 2.91. The normalized spacial score (nSPS) is 24.1. The van der Waals surface area contributed by atoms with E-state index in [-0.39, 0.29) is 6.10 Å². The standard InChI is InChI=1S/C15H19ClN2O/c16-14-4-2-1-3-12(14)9-13-10-18-15(19-13)11-5-7-17-8-6-11/h1-4,11,13,17H,5-10H2. The summed E-state index contributed by atoms with van der Waals surface area (Å²) in [5, 5.41) is 4.19. The van der Waals surface area contributed by atoms with Crippen LogP contribution >= 0.6 is 11.6 Å². The molecule has 2 heterocycles. The van der Waals surface area contributed by atoms with Gasteiger partial charge in [-0.2, -0.15) is 0 Å². The molecule has 0 spiro atoms. The van der Waals surface area contributed by atoms with E-state index in [2.05, 4.69) is 16.4 Å². The molecule has 2 aliphatic heterocycles. The fourth-order valence-corrected chi connectivity index (χ4v) is 2.96.